The molecule has 0 fully saturated rings. The van der Waals surface area contributed by atoms with E-state index < -0.39 is 12.1 Å². The molecule has 0 aromatic rings. The molecule has 0 rings (SSSR count). The number of rotatable bonds is 66. The summed E-state index contributed by atoms with van der Waals surface area (Å²) < 4.78 is 5.50. The zero-order valence-electron chi connectivity index (χ0n) is 52.2. The predicted molar refractivity (Wildman–Crippen MR) is 338 cm³/mol. The second-order valence-corrected chi connectivity index (χ2v) is 24.2. The Morgan fingerprint density at radius 1 is 0.351 bits per heavy atom. The van der Waals surface area contributed by atoms with Gasteiger partial charge in [-0.2, -0.15) is 0 Å². The average Bonchev–Trinajstić information content (AvgIpc) is 3.43. The van der Waals surface area contributed by atoms with Gasteiger partial charge in [-0.05, 0) is 57.8 Å². The Kier molecular flexibility index (Phi) is 65.4. The van der Waals surface area contributed by atoms with E-state index >= 15 is 0 Å². The van der Waals surface area contributed by atoms with Crippen molar-refractivity contribution in [2.75, 3.05) is 13.2 Å². The molecule has 0 aliphatic rings. The Labute approximate surface area is 481 Å². The monoisotopic (exact) mass is 1080 g/mol. The smallest absolute Gasteiger partial charge is 0.305 e. The van der Waals surface area contributed by atoms with Crippen LogP contribution in [-0.4, -0.2) is 47.4 Å². The number of allylic oxidation sites excluding steroid dienone is 3. The minimum Gasteiger partial charge on any atom is -0.466 e. The molecular formula is C71H137NO5. The van der Waals surface area contributed by atoms with Crippen LogP contribution in [0.4, 0.5) is 0 Å². The number of hydrogen-bond donors (Lipinski definition) is 3. The topological polar surface area (TPSA) is 95.9 Å². The van der Waals surface area contributed by atoms with Crippen molar-refractivity contribution in [1.29, 1.82) is 0 Å². The van der Waals surface area contributed by atoms with Crippen molar-refractivity contribution in [2.24, 2.45) is 0 Å². The zero-order valence-corrected chi connectivity index (χ0v) is 52.2. The van der Waals surface area contributed by atoms with Crippen molar-refractivity contribution in [3.63, 3.8) is 0 Å². The molecule has 2 atom stereocenters. The minimum absolute atomic E-state index is 0.0103. The molecule has 1 amide bonds. The van der Waals surface area contributed by atoms with E-state index in [1.54, 1.807) is 6.08 Å². The van der Waals surface area contributed by atoms with Crippen LogP contribution >= 0.6 is 0 Å². The minimum atomic E-state index is -0.846. The van der Waals surface area contributed by atoms with Gasteiger partial charge in [0.05, 0.1) is 25.4 Å². The van der Waals surface area contributed by atoms with E-state index in [0.29, 0.717) is 19.4 Å². The largest absolute Gasteiger partial charge is 0.466 e. The molecule has 0 radical (unpaired) electrons. The third kappa shape index (κ3) is 63.4. The molecular weight excluding hydrogens is 947 g/mol. The van der Waals surface area contributed by atoms with Crippen LogP contribution < -0.4 is 5.32 Å². The number of carbonyl (C=O) groups is 2. The molecule has 456 valence electrons. The molecule has 2 unspecified atom stereocenters. The first-order chi connectivity index (χ1) is 38.0. The number of aliphatic hydroxyl groups is 2. The van der Waals surface area contributed by atoms with Gasteiger partial charge in [-0.15, -0.1) is 0 Å². The van der Waals surface area contributed by atoms with Crippen LogP contribution in [0.2, 0.25) is 0 Å². The Balaban J connectivity index is 3.40. The van der Waals surface area contributed by atoms with Gasteiger partial charge in [-0.1, -0.05) is 346 Å². The summed E-state index contributed by atoms with van der Waals surface area (Å²) in [5, 5.41) is 23.2. The fourth-order valence-electron chi connectivity index (χ4n) is 11.1. The van der Waals surface area contributed by atoms with Crippen molar-refractivity contribution in [2.45, 2.75) is 405 Å². The highest BCUT2D eigenvalue weighted by molar-refractivity contribution is 5.76. The number of aliphatic hydroxyl groups excluding tert-OH is 2. The van der Waals surface area contributed by atoms with E-state index in [9.17, 15) is 19.8 Å². The summed E-state index contributed by atoms with van der Waals surface area (Å²) in [6.07, 6.45) is 83.9. The molecule has 0 aliphatic carbocycles. The zero-order chi connectivity index (χ0) is 55.7. The fourth-order valence-corrected chi connectivity index (χ4v) is 11.1. The lowest BCUT2D eigenvalue weighted by molar-refractivity contribution is -0.143. The number of unbranched alkanes of at least 4 members (excludes halogenated alkanes) is 53. The number of ether oxygens (including phenoxy) is 1. The number of amides is 1. The normalized spacial score (nSPS) is 12.6. The summed E-state index contributed by atoms with van der Waals surface area (Å²) in [4.78, 5) is 24.6. The Morgan fingerprint density at radius 3 is 0.922 bits per heavy atom. The van der Waals surface area contributed by atoms with Crippen LogP contribution in [0.25, 0.3) is 0 Å². The van der Waals surface area contributed by atoms with Gasteiger partial charge in [0, 0.05) is 12.8 Å². The summed E-state index contributed by atoms with van der Waals surface area (Å²) >= 11 is 0. The molecule has 0 aromatic heterocycles. The molecule has 0 saturated carbocycles. The standard InChI is InChI=1S/C71H137NO5/c1-3-5-7-9-11-13-15-17-19-21-22-25-28-32-35-39-43-47-51-55-59-63-69(74)68(67-73)72-70(75)64-60-56-52-48-44-40-36-33-29-26-23-24-27-30-34-38-42-46-50-54-58-62-66-77-71(76)65-61-57-53-49-45-41-37-31-20-18-16-14-12-10-8-6-4-2/h18,20,59,63,68-69,73-74H,3-17,19,21-58,60-62,64-67H2,1-2H3,(H,72,75)/b20-18-,63-59+. The van der Waals surface area contributed by atoms with Crippen molar-refractivity contribution < 1.29 is 24.5 Å². The van der Waals surface area contributed by atoms with Crippen molar-refractivity contribution in [3.05, 3.63) is 24.3 Å². The van der Waals surface area contributed by atoms with E-state index in [2.05, 4.69) is 31.3 Å². The van der Waals surface area contributed by atoms with Gasteiger partial charge in [0.1, 0.15) is 0 Å². The van der Waals surface area contributed by atoms with E-state index in [-0.39, 0.29) is 18.5 Å². The summed E-state index contributed by atoms with van der Waals surface area (Å²) in [5.41, 5.74) is 0. The summed E-state index contributed by atoms with van der Waals surface area (Å²) in [7, 11) is 0. The first-order valence-corrected chi connectivity index (χ1v) is 35.1. The summed E-state index contributed by atoms with van der Waals surface area (Å²) in [5.74, 6) is -0.0539. The van der Waals surface area contributed by atoms with E-state index in [4.69, 9.17) is 4.74 Å². The lowest BCUT2D eigenvalue weighted by atomic mass is 10.0. The number of carbonyl (C=O) groups excluding carboxylic acids is 2. The molecule has 0 spiro atoms. The third-order valence-corrected chi connectivity index (χ3v) is 16.5. The van der Waals surface area contributed by atoms with Gasteiger partial charge < -0.3 is 20.3 Å². The van der Waals surface area contributed by atoms with Gasteiger partial charge in [-0.3, -0.25) is 9.59 Å². The SMILES string of the molecule is CCCCCCCC/C=C\CCCCCCCCCC(=O)OCCCCCCCCCCCCCCCCCCCCCCCCC(=O)NC(CO)C(O)/C=C/CCCCCCCCCCCCCCCCCCCCC. The van der Waals surface area contributed by atoms with Gasteiger partial charge >= 0.3 is 5.97 Å². The van der Waals surface area contributed by atoms with Gasteiger partial charge in [0.25, 0.3) is 0 Å². The van der Waals surface area contributed by atoms with Crippen LogP contribution in [0.3, 0.4) is 0 Å². The summed E-state index contributed by atoms with van der Waals surface area (Å²) in [6.45, 7) is 4.94. The van der Waals surface area contributed by atoms with Crippen LogP contribution in [0.5, 0.6) is 0 Å². The average molecular weight is 1080 g/mol. The van der Waals surface area contributed by atoms with E-state index in [1.807, 2.05) is 6.08 Å². The first-order valence-electron chi connectivity index (χ1n) is 35.1. The highest BCUT2D eigenvalue weighted by atomic mass is 16.5. The van der Waals surface area contributed by atoms with Crippen LogP contribution in [-0.2, 0) is 14.3 Å². The van der Waals surface area contributed by atoms with Gasteiger partial charge in [0.2, 0.25) is 5.91 Å². The van der Waals surface area contributed by atoms with Crippen LogP contribution in [0.1, 0.15) is 393 Å². The molecule has 0 saturated heterocycles. The third-order valence-electron chi connectivity index (χ3n) is 16.5. The summed E-state index contributed by atoms with van der Waals surface area (Å²) in [6, 6.07) is -0.629. The Hall–Kier alpha value is -1.66. The molecule has 0 aromatic carbocycles. The van der Waals surface area contributed by atoms with Gasteiger partial charge in [0.15, 0.2) is 0 Å². The van der Waals surface area contributed by atoms with Crippen molar-refractivity contribution in [1.82, 2.24) is 5.32 Å². The molecule has 6 heteroatoms. The molecule has 77 heavy (non-hydrogen) atoms. The highest BCUT2D eigenvalue weighted by Crippen LogP contribution is 2.19. The lowest BCUT2D eigenvalue weighted by Gasteiger charge is -2.20. The highest BCUT2D eigenvalue weighted by Gasteiger charge is 2.18. The maximum absolute atomic E-state index is 12.5. The Morgan fingerprint density at radius 2 is 0.610 bits per heavy atom. The number of nitrogens with one attached hydrogen (secondary N) is 1. The molecule has 0 bridgehead atoms. The predicted octanol–water partition coefficient (Wildman–Crippen LogP) is 22.5. The van der Waals surface area contributed by atoms with E-state index in [0.717, 1.165) is 44.9 Å². The van der Waals surface area contributed by atoms with Crippen LogP contribution in [0, 0.1) is 0 Å². The maximum Gasteiger partial charge on any atom is 0.305 e. The maximum atomic E-state index is 12.5. The van der Waals surface area contributed by atoms with Crippen molar-refractivity contribution in [3.8, 4) is 0 Å². The van der Waals surface area contributed by atoms with Crippen LogP contribution in [0.15, 0.2) is 24.3 Å². The fraction of sp³-hybridized carbons (Fsp3) is 0.915. The molecule has 0 aliphatic heterocycles. The van der Waals surface area contributed by atoms with Crippen molar-refractivity contribution >= 4 is 11.9 Å². The second kappa shape index (κ2) is 66.8. The molecule has 3 N–H and O–H groups in total. The first kappa shape index (κ1) is 75.3. The number of hydrogen-bond acceptors (Lipinski definition) is 5. The van der Waals surface area contributed by atoms with Gasteiger partial charge in [-0.25, -0.2) is 0 Å². The molecule has 6 nitrogen and oxygen atoms in total. The lowest BCUT2D eigenvalue weighted by Crippen LogP contribution is -2.45. The molecule has 0 heterocycles. The van der Waals surface area contributed by atoms with E-state index in [1.165, 1.54) is 321 Å². The second-order valence-electron chi connectivity index (χ2n) is 24.2. The Bertz CT molecular complexity index is 1200. The quantitative estimate of drug-likeness (QED) is 0.0320. The number of esters is 1.